The SMILES string of the molecule is CC(C)(C)N1OC2=C(CCCCC2)C1c1ccccc1. The zero-order chi connectivity index (χ0) is 14.2. The Hall–Kier alpha value is -1.28. The minimum Gasteiger partial charge on any atom is -0.409 e. The van der Waals surface area contributed by atoms with Gasteiger partial charge in [0, 0.05) is 12.0 Å². The fourth-order valence-corrected chi connectivity index (χ4v) is 3.28. The van der Waals surface area contributed by atoms with Gasteiger partial charge in [0.2, 0.25) is 0 Å². The Morgan fingerprint density at radius 2 is 1.70 bits per heavy atom. The molecule has 2 heteroatoms. The van der Waals surface area contributed by atoms with Crippen LogP contribution < -0.4 is 0 Å². The van der Waals surface area contributed by atoms with Crippen LogP contribution in [0.15, 0.2) is 41.7 Å². The van der Waals surface area contributed by atoms with Crippen LogP contribution in [-0.2, 0) is 4.84 Å². The Morgan fingerprint density at radius 1 is 1.00 bits per heavy atom. The molecule has 0 saturated heterocycles. The molecule has 0 bridgehead atoms. The first-order valence-electron chi connectivity index (χ1n) is 7.81. The second-order valence-corrected chi connectivity index (χ2v) is 6.91. The van der Waals surface area contributed by atoms with Crippen molar-refractivity contribution in [2.75, 3.05) is 0 Å². The highest BCUT2D eigenvalue weighted by Gasteiger charge is 2.41. The Balaban J connectivity index is 2.01. The van der Waals surface area contributed by atoms with Gasteiger partial charge in [0.05, 0.1) is 6.04 Å². The Labute approximate surface area is 122 Å². The van der Waals surface area contributed by atoms with Gasteiger partial charge in [-0.2, -0.15) is 0 Å². The van der Waals surface area contributed by atoms with Gasteiger partial charge in [0.15, 0.2) is 0 Å². The lowest BCUT2D eigenvalue weighted by Crippen LogP contribution is -2.41. The number of nitrogens with zero attached hydrogens (tertiary/aromatic N) is 1. The number of hydrogen-bond donors (Lipinski definition) is 0. The van der Waals surface area contributed by atoms with Crippen LogP contribution in [0.3, 0.4) is 0 Å². The van der Waals surface area contributed by atoms with Gasteiger partial charge in [-0.05, 0) is 51.2 Å². The highest BCUT2D eigenvalue weighted by Crippen LogP contribution is 2.46. The summed E-state index contributed by atoms with van der Waals surface area (Å²) in [6.07, 6.45) is 6.17. The minimum atomic E-state index is 0.00665. The van der Waals surface area contributed by atoms with E-state index in [1.807, 2.05) is 0 Å². The van der Waals surface area contributed by atoms with E-state index in [4.69, 9.17) is 4.84 Å². The minimum absolute atomic E-state index is 0.00665. The van der Waals surface area contributed by atoms with E-state index in [-0.39, 0.29) is 5.54 Å². The third-order valence-corrected chi connectivity index (χ3v) is 4.26. The second kappa shape index (κ2) is 5.25. The average Bonchev–Trinajstić information content (AvgIpc) is 2.64. The van der Waals surface area contributed by atoms with Crippen molar-refractivity contribution in [2.24, 2.45) is 0 Å². The number of hydroxylamine groups is 2. The van der Waals surface area contributed by atoms with Gasteiger partial charge in [-0.15, -0.1) is 5.06 Å². The number of benzene rings is 1. The van der Waals surface area contributed by atoms with Gasteiger partial charge < -0.3 is 4.84 Å². The molecular weight excluding hydrogens is 246 g/mol. The van der Waals surface area contributed by atoms with Crippen LogP contribution in [0.25, 0.3) is 0 Å². The summed E-state index contributed by atoms with van der Waals surface area (Å²) in [6, 6.07) is 11.1. The smallest absolute Gasteiger partial charge is 0.125 e. The highest BCUT2D eigenvalue weighted by atomic mass is 16.7. The third-order valence-electron chi connectivity index (χ3n) is 4.26. The molecule has 0 fully saturated rings. The number of hydrogen-bond acceptors (Lipinski definition) is 2. The van der Waals surface area contributed by atoms with E-state index >= 15 is 0 Å². The summed E-state index contributed by atoms with van der Waals surface area (Å²) in [5, 5.41) is 2.21. The molecule has 0 aromatic heterocycles. The van der Waals surface area contributed by atoms with Crippen molar-refractivity contribution in [1.29, 1.82) is 0 Å². The zero-order valence-electron chi connectivity index (χ0n) is 12.9. The molecule has 3 rings (SSSR count). The monoisotopic (exact) mass is 271 g/mol. The highest BCUT2D eigenvalue weighted by molar-refractivity contribution is 5.33. The molecular formula is C18H25NO. The van der Waals surface area contributed by atoms with Gasteiger partial charge in [-0.25, -0.2) is 0 Å². The molecule has 1 aliphatic heterocycles. The molecule has 0 radical (unpaired) electrons. The Morgan fingerprint density at radius 3 is 2.40 bits per heavy atom. The van der Waals surface area contributed by atoms with Crippen molar-refractivity contribution >= 4 is 0 Å². The average molecular weight is 271 g/mol. The lowest BCUT2D eigenvalue weighted by molar-refractivity contribution is -0.180. The van der Waals surface area contributed by atoms with Crippen LogP contribution in [0.1, 0.15) is 64.5 Å². The van der Waals surface area contributed by atoms with Crippen LogP contribution in [-0.4, -0.2) is 10.6 Å². The molecule has 1 aromatic rings. The van der Waals surface area contributed by atoms with E-state index in [0.717, 1.165) is 6.42 Å². The first-order chi connectivity index (χ1) is 9.57. The van der Waals surface area contributed by atoms with Crippen LogP contribution >= 0.6 is 0 Å². The summed E-state index contributed by atoms with van der Waals surface area (Å²) >= 11 is 0. The third kappa shape index (κ3) is 2.49. The quantitative estimate of drug-likeness (QED) is 0.713. The largest absolute Gasteiger partial charge is 0.409 e. The zero-order valence-corrected chi connectivity index (χ0v) is 12.9. The molecule has 20 heavy (non-hydrogen) atoms. The van der Waals surface area contributed by atoms with E-state index < -0.39 is 0 Å². The summed E-state index contributed by atoms with van der Waals surface area (Å²) in [6.45, 7) is 6.69. The molecule has 1 unspecified atom stereocenters. The summed E-state index contributed by atoms with van der Waals surface area (Å²) in [7, 11) is 0. The summed E-state index contributed by atoms with van der Waals surface area (Å²) in [5.74, 6) is 1.24. The van der Waals surface area contributed by atoms with E-state index in [9.17, 15) is 0 Å². The van der Waals surface area contributed by atoms with Gasteiger partial charge in [-0.3, -0.25) is 0 Å². The van der Waals surface area contributed by atoms with Crippen LogP contribution in [0.5, 0.6) is 0 Å². The van der Waals surface area contributed by atoms with E-state index in [0.29, 0.717) is 6.04 Å². The predicted octanol–water partition coefficient (Wildman–Crippen LogP) is 4.99. The molecule has 2 aliphatic rings. The fourth-order valence-electron chi connectivity index (χ4n) is 3.28. The topological polar surface area (TPSA) is 12.5 Å². The standard InChI is InChI=1S/C18H25NO/c1-18(2,3)19-17(14-10-6-4-7-11-14)15-12-8-5-9-13-16(15)20-19/h4,6-7,10-11,17H,5,8-9,12-13H2,1-3H3. The normalized spacial score (nSPS) is 24.2. The van der Waals surface area contributed by atoms with Crippen molar-refractivity contribution in [1.82, 2.24) is 5.06 Å². The van der Waals surface area contributed by atoms with Gasteiger partial charge in [0.1, 0.15) is 5.76 Å². The summed E-state index contributed by atoms with van der Waals surface area (Å²) in [4.78, 5) is 6.29. The van der Waals surface area contributed by atoms with Crippen LogP contribution in [0, 0.1) is 0 Å². The molecule has 0 N–H and O–H groups in total. The molecule has 2 nitrogen and oxygen atoms in total. The molecule has 0 spiro atoms. The van der Waals surface area contributed by atoms with Gasteiger partial charge >= 0.3 is 0 Å². The second-order valence-electron chi connectivity index (χ2n) is 6.91. The maximum atomic E-state index is 6.29. The Bertz CT molecular complexity index is 498. The van der Waals surface area contributed by atoms with Crippen molar-refractivity contribution in [2.45, 2.75) is 64.5 Å². The van der Waals surface area contributed by atoms with Crippen LogP contribution in [0.2, 0.25) is 0 Å². The van der Waals surface area contributed by atoms with E-state index in [2.05, 4.69) is 56.2 Å². The van der Waals surface area contributed by atoms with E-state index in [1.54, 1.807) is 0 Å². The molecule has 1 heterocycles. The molecule has 0 saturated carbocycles. The maximum absolute atomic E-state index is 6.29. The summed E-state index contributed by atoms with van der Waals surface area (Å²) in [5.41, 5.74) is 2.88. The summed E-state index contributed by atoms with van der Waals surface area (Å²) < 4.78 is 0. The first kappa shape index (κ1) is 13.7. The fraction of sp³-hybridized carbons (Fsp3) is 0.556. The molecule has 1 aliphatic carbocycles. The molecule has 0 amide bonds. The molecule has 1 atom stereocenters. The predicted molar refractivity (Wildman–Crippen MR) is 82.0 cm³/mol. The lowest BCUT2D eigenvalue weighted by Gasteiger charge is -2.36. The van der Waals surface area contributed by atoms with Crippen LogP contribution in [0.4, 0.5) is 0 Å². The van der Waals surface area contributed by atoms with Crippen molar-refractivity contribution < 1.29 is 4.84 Å². The maximum Gasteiger partial charge on any atom is 0.125 e. The lowest BCUT2D eigenvalue weighted by atomic mass is 9.92. The number of allylic oxidation sites excluding steroid dienone is 1. The Kier molecular flexibility index (Phi) is 3.59. The van der Waals surface area contributed by atoms with Crippen molar-refractivity contribution in [3.63, 3.8) is 0 Å². The number of rotatable bonds is 1. The molecule has 1 aromatic carbocycles. The first-order valence-corrected chi connectivity index (χ1v) is 7.81. The van der Waals surface area contributed by atoms with Crippen molar-refractivity contribution in [3.8, 4) is 0 Å². The van der Waals surface area contributed by atoms with Crippen molar-refractivity contribution in [3.05, 3.63) is 47.2 Å². The van der Waals surface area contributed by atoms with Gasteiger partial charge in [0.25, 0.3) is 0 Å². The molecule has 108 valence electrons. The van der Waals surface area contributed by atoms with Gasteiger partial charge in [-0.1, -0.05) is 36.8 Å². The van der Waals surface area contributed by atoms with E-state index in [1.165, 1.54) is 42.6 Å².